The van der Waals surface area contributed by atoms with Crippen molar-refractivity contribution in [3.05, 3.63) is 82.8 Å². The fourth-order valence-corrected chi connectivity index (χ4v) is 4.58. The summed E-state index contributed by atoms with van der Waals surface area (Å²) in [5, 5.41) is 0. The van der Waals surface area contributed by atoms with Crippen LogP contribution < -0.4 is 15.0 Å². The van der Waals surface area contributed by atoms with Crippen LogP contribution in [0.1, 0.15) is 18.4 Å². The summed E-state index contributed by atoms with van der Waals surface area (Å²) in [6.45, 7) is 0.469. The van der Waals surface area contributed by atoms with E-state index in [0.29, 0.717) is 49.5 Å². The van der Waals surface area contributed by atoms with E-state index in [1.54, 1.807) is 53.6 Å². The van der Waals surface area contributed by atoms with E-state index in [4.69, 9.17) is 9.47 Å². The van der Waals surface area contributed by atoms with Gasteiger partial charge in [0, 0.05) is 56.6 Å². The number of carbonyl (C=O) groups excluding carboxylic acids is 1. The van der Waals surface area contributed by atoms with Gasteiger partial charge >= 0.3 is 6.09 Å². The van der Waals surface area contributed by atoms with Gasteiger partial charge in [-0.25, -0.2) is 13.2 Å². The number of alkyl halides is 1. The number of hydrogen-bond acceptors (Lipinski definition) is 6. The minimum atomic E-state index is -3.32. The van der Waals surface area contributed by atoms with E-state index < -0.39 is 22.6 Å². The molecule has 0 aliphatic carbocycles. The van der Waals surface area contributed by atoms with Crippen molar-refractivity contribution in [3.8, 4) is 17.2 Å². The third kappa shape index (κ3) is 6.31. The van der Waals surface area contributed by atoms with Crippen LogP contribution in [0.4, 0.5) is 9.18 Å². The average molecular weight is 515 g/mol. The van der Waals surface area contributed by atoms with Gasteiger partial charge in [0.25, 0.3) is 5.56 Å². The monoisotopic (exact) mass is 514 g/mol. The van der Waals surface area contributed by atoms with Crippen molar-refractivity contribution in [2.24, 2.45) is 0 Å². The number of aromatic nitrogens is 1. The number of likely N-dealkylation sites (tertiary alicyclic amines) is 1. The molecule has 36 heavy (non-hydrogen) atoms. The van der Waals surface area contributed by atoms with Crippen LogP contribution in [0.25, 0.3) is 5.69 Å². The fourth-order valence-electron chi connectivity index (χ4n) is 3.95. The van der Waals surface area contributed by atoms with Crippen LogP contribution >= 0.6 is 0 Å². The van der Waals surface area contributed by atoms with Gasteiger partial charge in [0.1, 0.15) is 17.6 Å². The molecule has 0 N–H and O–H groups in total. The van der Waals surface area contributed by atoms with Crippen molar-refractivity contribution in [2.75, 3.05) is 26.0 Å². The normalized spacial score (nSPS) is 14.4. The zero-order valence-electron chi connectivity index (χ0n) is 19.8. The van der Waals surface area contributed by atoms with E-state index in [-0.39, 0.29) is 16.6 Å². The summed E-state index contributed by atoms with van der Waals surface area (Å²) < 4.78 is 48.5. The summed E-state index contributed by atoms with van der Waals surface area (Å²) >= 11 is 0. The third-order valence-corrected chi connectivity index (χ3v) is 7.08. The molecule has 0 unspecified atom stereocenters. The van der Waals surface area contributed by atoms with Crippen molar-refractivity contribution in [1.82, 2.24) is 9.47 Å². The second-order valence-corrected chi connectivity index (χ2v) is 10.6. The van der Waals surface area contributed by atoms with Gasteiger partial charge < -0.3 is 14.4 Å². The first-order valence-corrected chi connectivity index (χ1v) is 13.4. The second-order valence-electron chi connectivity index (χ2n) is 8.59. The number of pyridine rings is 1. The van der Waals surface area contributed by atoms with Gasteiger partial charge in [0.2, 0.25) is 0 Å². The molecule has 1 aromatic heterocycles. The molecule has 1 saturated heterocycles. The molecule has 2 aromatic carbocycles. The van der Waals surface area contributed by atoms with Crippen molar-refractivity contribution in [3.63, 3.8) is 0 Å². The Morgan fingerprint density at radius 3 is 2.25 bits per heavy atom. The predicted molar refractivity (Wildman–Crippen MR) is 133 cm³/mol. The Hall–Kier alpha value is -3.66. The van der Waals surface area contributed by atoms with Crippen LogP contribution in [0.5, 0.6) is 11.5 Å². The maximum atomic E-state index is 12.6. The first kappa shape index (κ1) is 25.4. The van der Waals surface area contributed by atoms with Crippen LogP contribution in [0, 0.1) is 0 Å². The second kappa shape index (κ2) is 10.9. The van der Waals surface area contributed by atoms with E-state index in [0.717, 1.165) is 11.8 Å². The molecule has 0 bridgehead atoms. The van der Waals surface area contributed by atoms with Crippen LogP contribution in [-0.2, 0) is 16.3 Å². The molecule has 0 radical (unpaired) electrons. The summed E-state index contributed by atoms with van der Waals surface area (Å²) in [4.78, 5) is 26.9. The van der Waals surface area contributed by atoms with Crippen LogP contribution in [-0.4, -0.2) is 56.1 Å². The highest BCUT2D eigenvalue weighted by Crippen LogP contribution is 2.21. The smallest absolute Gasteiger partial charge is 0.415 e. The van der Waals surface area contributed by atoms with E-state index in [1.165, 1.54) is 22.8 Å². The van der Waals surface area contributed by atoms with E-state index in [9.17, 15) is 22.4 Å². The Morgan fingerprint density at radius 2 is 1.67 bits per heavy atom. The molecule has 190 valence electrons. The van der Waals surface area contributed by atoms with E-state index >= 15 is 0 Å². The molecule has 1 fully saturated rings. The number of benzene rings is 2. The largest absolute Gasteiger partial charge is 0.490 e. The van der Waals surface area contributed by atoms with Crippen molar-refractivity contribution in [1.29, 1.82) is 0 Å². The maximum Gasteiger partial charge on any atom is 0.415 e. The van der Waals surface area contributed by atoms with Crippen molar-refractivity contribution >= 4 is 15.9 Å². The Balaban J connectivity index is 1.30. The highest BCUT2D eigenvalue weighted by Gasteiger charge is 2.25. The van der Waals surface area contributed by atoms with Crippen LogP contribution in [0.15, 0.2) is 76.6 Å². The average Bonchev–Trinajstić information content (AvgIpc) is 2.85. The van der Waals surface area contributed by atoms with Crippen LogP contribution in [0.3, 0.4) is 0 Å². The molecule has 3 aromatic rings. The Kier molecular flexibility index (Phi) is 7.73. The van der Waals surface area contributed by atoms with E-state index in [2.05, 4.69) is 0 Å². The number of carbonyl (C=O) groups is 1. The van der Waals surface area contributed by atoms with Gasteiger partial charge in [-0.1, -0.05) is 12.1 Å². The molecule has 1 amide bonds. The first-order chi connectivity index (χ1) is 17.2. The number of aryl methyl sites for hydroxylation is 1. The maximum absolute atomic E-state index is 12.6. The lowest BCUT2D eigenvalue weighted by molar-refractivity contribution is 0.0929. The highest BCUT2D eigenvalue weighted by atomic mass is 32.2. The zero-order chi connectivity index (χ0) is 25.7. The van der Waals surface area contributed by atoms with Gasteiger partial charge in [-0.15, -0.1) is 0 Å². The quantitative estimate of drug-likeness (QED) is 0.476. The molecule has 0 atom stereocenters. The van der Waals surface area contributed by atoms with Gasteiger partial charge in [-0.05, 0) is 48.0 Å². The minimum Gasteiger partial charge on any atom is -0.490 e. The number of piperidine rings is 1. The number of hydrogen-bond donors (Lipinski definition) is 0. The molecule has 2 heterocycles. The highest BCUT2D eigenvalue weighted by molar-refractivity contribution is 7.90. The number of rotatable bonds is 7. The molecular weight excluding hydrogens is 487 g/mol. The lowest BCUT2D eigenvalue weighted by atomic mass is 10.1. The minimum absolute atomic E-state index is 0.154. The van der Waals surface area contributed by atoms with Crippen molar-refractivity contribution < 1.29 is 27.1 Å². The topological polar surface area (TPSA) is 94.9 Å². The van der Waals surface area contributed by atoms with Gasteiger partial charge in [-0.3, -0.25) is 13.8 Å². The summed E-state index contributed by atoms with van der Waals surface area (Å²) in [5.74, 6) is 0.839. The Morgan fingerprint density at radius 1 is 1.00 bits per heavy atom. The standard InChI is InChI=1S/C26H27FN2O6S/c1-36(32,33)24-8-4-20(5-9-24)29-17-13-23(18-25(29)30)34-22-11-15-28(16-12-22)26(31)35-21-6-2-19(3-7-21)10-14-27/h2-9,13,17-18,22H,10-12,14-16H2,1H3. The molecule has 0 saturated carbocycles. The first-order valence-electron chi connectivity index (χ1n) is 11.5. The lowest BCUT2D eigenvalue weighted by Crippen LogP contribution is -2.43. The van der Waals surface area contributed by atoms with Gasteiger partial charge in [0.05, 0.1) is 11.6 Å². The summed E-state index contributed by atoms with van der Waals surface area (Å²) in [7, 11) is -3.32. The summed E-state index contributed by atoms with van der Waals surface area (Å²) in [6, 6.07) is 15.9. The number of halogens is 1. The van der Waals surface area contributed by atoms with Gasteiger partial charge in [0.15, 0.2) is 9.84 Å². The number of ether oxygens (including phenoxy) is 2. The Bertz CT molecular complexity index is 1360. The van der Waals surface area contributed by atoms with Gasteiger partial charge in [-0.2, -0.15) is 0 Å². The SMILES string of the molecule is CS(=O)(=O)c1ccc(-n2ccc(OC3CCN(C(=O)Oc4ccc(CCF)cc4)CC3)cc2=O)cc1. The Labute approximate surface area is 208 Å². The predicted octanol–water partition coefficient (Wildman–Crippen LogP) is 3.80. The van der Waals surface area contributed by atoms with E-state index in [1.807, 2.05) is 0 Å². The summed E-state index contributed by atoms with van der Waals surface area (Å²) in [5.41, 5.74) is 1.08. The molecule has 1 aliphatic rings. The fraction of sp³-hybridized carbons (Fsp3) is 0.308. The molecular formula is C26H27FN2O6S. The molecule has 10 heteroatoms. The number of sulfone groups is 1. The summed E-state index contributed by atoms with van der Waals surface area (Å²) in [6.07, 6.45) is 3.60. The zero-order valence-corrected chi connectivity index (χ0v) is 20.6. The van der Waals surface area contributed by atoms with Crippen molar-refractivity contribution in [2.45, 2.75) is 30.3 Å². The molecule has 0 spiro atoms. The lowest BCUT2D eigenvalue weighted by Gasteiger charge is -2.31. The molecule has 4 rings (SSSR count). The third-order valence-electron chi connectivity index (χ3n) is 5.95. The molecule has 1 aliphatic heterocycles. The van der Waals surface area contributed by atoms with Crippen LogP contribution in [0.2, 0.25) is 0 Å². The number of nitrogens with zero attached hydrogens (tertiary/aromatic N) is 2. The molecule has 8 nitrogen and oxygen atoms in total. The number of amides is 1.